The van der Waals surface area contributed by atoms with Gasteiger partial charge in [0.15, 0.2) is 0 Å². The number of hydrogen-bond acceptors (Lipinski definition) is 3. The van der Waals surface area contributed by atoms with Crippen LogP contribution in [0.25, 0.3) is 0 Å². The van der Waals surface area contributed by atoms with Gasteiger partial charge in [0.05, 0.1) is 11.6 Å². The van der Waals surface area contributed by atoms with Crippen molar-refractivity contribution >= 4 is 15.9 Å². The molecular weight excluding hydrogens is 304 g/mol. The van der Waals surface area contributed by atoms with Crippen molar-refractivity contribution in [1.29, 1.82) is 0 Å². The minimum absolute atomic E-state index is 0.409. The minimum atomic E-state index is 0.409. The van der Waals surface area contributed by atoms with Crippen LogP contribution in [-0.2, 0) is 6.42 Å². The van der Waals surface area contributed by atoms with Crippen LogP contribution in [0.15, 0.2) is 16.6 Å². The maximum atomic E-state index is 5.83. The second kappa shape index (κ2) is 6.25. The van der Waals surface area contributed by atoms with Crippen molar-refractivity contribution in [2.75, 3.05) is 27.2 Å². The van der Waals surface area contributed by atoms with Gasteiger partial charge in [0, 0.05) is 18.2 Å². The Kier molecular flexibility index (Phi) is 4.87. The number of methoxy groups -OCH3 is 1. The third-order valence-corrected chi connectivity index (χ3v) is 4.66. The van der Waals surface area contributed by atoms with Gasteiger partial charge in [0.2, 0.25) is 0 Å². The van der Waals surface area contributed by atoms with Crippen LogP contribution < -0.4 is 10.5 Å². The minimum Gasteiger partial charge on any atom is -0.495 e. The molecule has 106 valence electrons. The van der Waals surface area contributed by atoms with Crippen LogP contribution in [0, 0.1) is 5.92 Å². The van der Waals surface area contributed by atoms with Crippen molar-refractivity contribution in [2.45, 2.75) is 25.8 Å². The second-order valence-electron chi connectivity index (χ2n) is 5.35. The summed E-state index contributed by atoms with van der Waals surface area (Å²) in [5.74, 6) is 1.55. The van der Waals surface area contributed by atoms with Crippen LogP contribution in [0.1, 0.15) is 30.5 Å². The van der Waals surface area contributed by atoms with E-state index in [1.807, 2.05) is 0 Å². The zero-order chi connectivity index (χ0) is 14.0. The Hall–Kier alpha value is -0.580. The first kappa shape index (κ1) is 14.8. The number of likely N-dealkylation sites (tertiary alicyclic amines) is 1. The lowest BCUT2D eigenvalue weighted by Crippen LogP contribution is -2.21. The number of hydrogen-bond donors (Lipinski definition) is 1. The first-order valence-electron chi connectivity index (χ1n) is 6.87. The summed E-state index contributed by atoms with van der Waals surface area (Å²) in [6, 6.07) is 4.84. The molecule has 0 amide bonds. The highest BCUT2D eigenvalue weighted by Gasteiger charge is 2.32. The first-order chi connectivity index (χ1) is 9.10. The SMILES string of the molecule is CCc1cc(Br)c(OC)c(C2CC(CN)CN2C)c1. The van der Waals surface area contributed by atoms with Gasteiger partial charge in [-0.3, -0.25) is 4.90 Å². The molecule has 1 saturated heterocycles. The van der Waals surface area contributed by atoms with Gasteiger partial charge in [0.1, 0.15) is 5.75 Å². The second-order valence-corrected chi connectivity index (χ2v) is 6.20. The molecular formula is C15H23BrN2O. The molecule has 0 aromatic heterocycles. The molecule has 3 nitrogen and oxygen atoms in total. The predicted molar refractivity (Wildman–Crippen MR) is 82.6 cm³/mol. The van der Waals surface area contributed by atoms with Gasteiger partial charge >= 0.3 is 0 Å². The number of aryl methyl sites for hydroxylation is 1. The Morgan fingerprint density at radius 3 is 2.74 bits per heavy atom. The zero-order valence-electron chi connectivity index (χ0n) is 11.9. The van der Waals surface area contributed by atoms with Crippen molar-refractivity contribution in [3.05, 3.63) is 27.7 Å². The summed E-state index contributed by atoms with van der Waals surface area (Å²) in [6.07, 6.45) is 2.15. The molecule has 0 radical (unpaired) electrons. The Balaban J connectivity index is 2.40. The summed E-state index contributed by atoms with van der Waals surface area (Å²) >= 11 is 3.63. The summed E-state index contributed by atoms with van der Waals surface area (Å²) in [6.45, 7) is 4.01. The zero-order valence-corrected chi connectivity index (χ0v) is 13.5. The lowest BCUT2D eigenvalue weighted by molar-refractivity contribution is 0.302. The van der Waals surface area contributed by atoms with Crippen molar-refractivity contribution in [3.63, 3.8) is 0 Å². The third kappa shape index (κ3) is 2.96. The molecule has 0 bridgehead atoms. The topological polar surface area (TPSA) is 38.5 Å². The van der Waals surface area contributed by atoms with E-state index < -0.39 is 0 Å². The van der Waals surface area contributed by atoms with Crippen LogP contribution in [-0.4, -0.2) is 32.1 Å². The van der Waals surface area contributed by atoms with Crippen molar-refractivity contribution < 1.29 is 4.74 Å². The monoisotopic (exact) mass is 326 g/mol. The Bertz CT molecular complexity index is 450. The highest BCUT2D eigenvalue weighted by atomic mass is 79.9. The third-order valence-electron chi connectivity index (χ3n) is 4.07. The average molecular weight is 327 g/mol. The van der Waals surface area contributed by atoms with Gasteiger partial charge in [-0.25, -0.2) is 0 Å². The fourth-order valence-corrected chi connectivity index (χ4v) is 3.66. The maximum absolute atomic E-state index is 5.83. The van der Waals surface area contributed by atoms with Crippen molar-refractivity contribution in [3.8, 4) is 5.75 Å². The smallest absolute Gasteiger partial charge is 0.137 e. The van der Waals surface area contributed by atoms with E-state index in [4.69, 9.17) is 10.5 Å². The quantitative estimate of drug-likeness (QED) is 0.924. The molecule has 1 aromatic carbocycles. The normalized spacial score (nSPS) is 23.8. The van der Waals surface area contributed by atoms with E-state index in [1.165, 1.54) is 11.1 Å². The van der Waals surface area contributed by atoms with E-state index >= 15 is 0 Å². The number of ether oxygens (including phenoxy) is 1. The number of halogens is 1. The van der Waals surface area contributed by atoms with Gasteiger partial charge in [-0.05, 0) is 59.9 Å². The molecule has 2 N–H and O–H groups in total. The molecule has 2 rings (SSSR count). The van der Waals surface area contributed by atoms with Gasteiger partial charge in [0.25, 0.3) is 0 Å². The van der Waals surface area contributed by atoms with Gasteiger partial charge in [-0.15, -0.1) is 0 Å². The fourth-order valence-electron chi connectivity index (χ4n) is 2.98. The number of nitrogens with zero attached hydrogens (tertiary/aromatic N) is 1. The summed E-state index contributed by atoms with van der Waals surface area (Å²) < 4.78 is 6.65. The van der Waals surface area contributed by atoms with E-state index in [-0.39, 0.29) is 0 Å². The highest BCUT2D eigenvalue weighted by molar-refractivity contribution is 9.10. The molecule has 1 aromatic rings. The molecule has 1 heterocycles. The Morgan fingerprint density at radius 1 is 1.47 bits per heavy atom. The maximum Gasteiger partial charge on any atom is 0.137 e. The highest BCUT2D eigenvalue weighted by Crippen LogP contribution is 2.42. The van der Waals surface area contributed by atoms with Crippen LogP contribution >= 0.6 is 15.9 Å². The van der Waals surface area contributed by atoms with E-state index in [1.54, 1.807) is 7.11 Å². The molecule has 1 aliphatic rings. The Labute approximate surface area is 124 Å². The standard InChI is InChI=1S/C15H23BrN2O/c1-4-10-5-12(15(19-3)13(16)6-10)14-7-11(8-17)9-18(14)2/h5-6,11,14H,4,7-9,17H2,1-3H3. The molecule has 19 heavy (non-hydrogen) atoms. The van der Waals surface area contributed by atoms with Crippen molar-refractivity contribution in [1.82, 2.24) is 4.90 Å². The van der Waals surface area contributed by atoms with Gasteiger partial charge in [-0.1, -0.05) is 13.0 Å². The molecule has 1 fully saturated rings. The van der Waals surface area contributed by atoms with Gasteiger partial charge in [-0.2, -0.15) is 0 Å². The molecule has 0 aliphatic carbocycles. The summed E-state index contributed by atoms with van der Waals surface area (Å²) in [4.78, 5) is 2.39. The van der Waals surface area contributed by atoms with E-state index in [0.717, 1.165) is 36.2 Å². The fraction of sp³-hybridized carbons (Fsp3) is 0.600. The predicted octanol–water partition coefficient (Wildman–Crippen LogP) is 2.97. The largest absolute Gasteiger partial charge is 0.495 e. The van der Waals surface area contributed by atoms with Crippen molar-refractivity contribution in [2.24, 2.45) is 11.7 Å². The number of benzene rings is 1. The molecule has 0 saturated carbocycles. The van der Waals surface area contributed by atoms with Crippen LogP contribution in [0.2, 0.25) is 0 Å². The Morgan fingerprint density at radius 2 is 2.21 bits per heavy atom. The lowest BCUT2D eigenvalue weighted by Gasteiger charge is -2.23. The van der Waals surface area contributed by atoms with E-state index in [2.05, 4.69) is 46.9 Å². The summed E-state index contributed by atoms with van der Waals surface area (Å²) in [7, 11) is 3.91. The van der Waals surface area contributed by atoms with E-state index in [9.17, 15) is 0 Å². The van der Waals surface area contributed by atoms with Crippen LogP contribution in [0.4, 0.5) is 0 Å². The molecule has 0 spiro atoms. The molecule has 2 atom stereocenters. The number of rotatable bonds is 4. The molecule has 4 heteroatoms. The lowest BCUT2D eigenvalue weighted by atomic mass is 9.97. The molecule has 1 aliphatic heterocycles. The van der Waals surface area contributed by atoms with Crippen LogP contribution in [0.3, 0.4) is 0 Å². The average Bonchev–Trinajstić information content (AvgIpc) is 2.79. The number of nitrogens with two attached hydrogens (primary N) is 1. The summed E-state index contributed by atoms with van der Waals surface area (Å²) in [5, 5.41) is 0. The van der Waals surface area contributed by atoms with E-state index in [0.29, 0.717) is 12.0 Å². The van der Waals surface area contributed by atoms with Gasteiger partial charge < -0.3 is 10.5 Å². The summed E-state index contributed by atoms with van der Waals surface area (Å²) in [5.41, 5.74) is 8.45. The molecule has 2 unspecified atom stereocenters. The first-order valence-corrected chi connectivity index (χ1v) is 7.66. The van der Waals surface area contributed by atoms with Crippen LogP contribution in [0.5, 0.6) is 5.75 Å².